The molecule has 0 radical (unpaired) electrons. The van der Waals surface area contributed by atoms with Crippen LogP contribution in [0.25, 0.3) is 0 Å². The number of aromatic amines is 1. The number of nitrogens with zero attached hydrogens (tertiary/aromatic N) is 2. The Morgan fingerprint density at radius 1 is 1.57 bits per heavy atom. The molecule has 4 N–H and O–H groups in total. The molecule has 0 unspecified atom stereocenters. The number of rotatable bonds is 5. The molecule has 110 valence electrons. The van der Waals surface area contributed by atoms with Crippen LogP contribution in [0.4, 0.5) is 10.7 Å². The van der Waals surface area contributed by atoms with Gasteiger partial charge in [-0.25, -0.2) is 0 Å². The zero-order valence-electron chi connectivity index (χ0n) is 10.9. The molecule has 0 aliphatic rings. The van der Waals surface area contributed by atoms with E-state index in [-0.39, 0.29) is 16.3 Å². The van der Waals surface area contributed by atoms with E-state index in [1.165, 1.54) is 11.3 Å². The summed E-state index contributed by atoms with van der Waals surface area (Å²) in [6.45, 7) is 1.89. The van der Waals surface area contributed by atoms with Crippen LogP contribution in [0.5, 0.6) is 0 Å². The molecule has 0 spiro atoms. The van der Waals surface area contributed by atoms with Crippen molar-refractivity contribution >= 4 is 33.8 Å². The van der Waals surface area contributed by atoms with Crippen molar-refractivity contribution in [2.24, 2.45) is 5.73 Å². The predicted molar refractivity (Wildman–Crippen MR) is 75.4 cm³/mol. The molecular weight excluding hydrogens is 298 g/mol. The van der Waals surface area contributed by atoms with Crippen LogP contribution in [-0.4, -0.2) is 26.9 Å². The van der Waals surface area contributed by atoms with Crippen molar-refractivity contribution in [2.75, 3.05) is 5.32 Å². The highest BCUT2D eigenvalue weighted by Crippen LogP contribution is 2.29. The van der Waals surface area contributed by atoms with Crippen molar-refractivity contribution in [1.29, 1.82) is 0 Å². The van der Waals surface area contributed by atoms with Gasteiger partial charge in [0.2, 0.25) is 5.69 Å². The van der Waals surface area contributed by atoms with E-state index in [1.807, 2.05) is 6.92 Å². The Kier molecular flexibility index (Phi) is 3.98. The molecule has 0 aliphatic heterocycles. The highest BCUT2D eigenvalue weighted by Gasteiger charge is 2.24. The Hall–Kier alpha value is -2.75. The molecular formula is C11H11N5O4S. The largest absolute Gasteiger partial charge is 0.366 e. The molecule has 2 aromatic rings. The number of thiophene rings is 1. The maximum Gasteiger partial charge on any atom is 0.319 e. The first kappa shape index (κ1) is 14.7. The molecule has 10 heteroatoms. The highest BCUT2D eigenvalue weighted by atomic mass is 32.1. The number of primary amides is 1. The van der Waals surface area contributed by atoms with Gasteiger partial charge < -0.3 is 11.1 Å². The number of hydrogen-bond acceptors (Lipinski definition) is 6. The molecule has 0 aromatic carbocycles. The molecule has 0 atom stereocenters. The van der Waals surface area contributed by atoms with Gasteiger partial charge >= 0.3 is 5.69 Å². The summed E-state index contributed by atoms with van der Waals surface area (Å²) in [5.41, 5.74) is 4.68. The lowest BCUT2D eigenvalue weighted by molar-refractivity contribution is -0.385. The fourth-order valence-corrected chi connectivity index (χ4v) is 2.64. The summed E-state index contributed by atoms with van der Waals surface area (Å²) in [4.78, 5) is 34.3. The Morgan fingerprint density at radius 2 is 2.29 bits per heavy atom. The molecule has 2 amide bonds. The normalized spacial score (nSPS) is 10.3. The summed E-state index contributed by atoms with van der Waals surface area (Å²) < 4.78 is 0. The van der Waals surface area contributed by atoms with Gasteiger partial charge in [0.1, 0.15) is 11.2 Å². The van der Waals surface area contributed by atoms with E-state index in [9.17, 15) is 19.7 Å². The van der Waals surface area contributed by atoms with Gasteiger partial charge in [-0.05, 0) is 12.5 Å². The van der Waals surface area contributed by atoms with Crippen molar-refractivity contribution in [3.63, 3.8) is 0 Å². The van der Waals surface area contributed by atoms with Crippen molar-refractivity contribution in [3.05, 3.63) is 38.5 Å². The van der Waals surface area contributed by atoms with E-state index in [0.29, 0.717) is 6.42 Å². The number of H-pyrrole nitrogens is 1. The summed E-state index contributed by atoms with van der Waals surface area (Å²) in [6, 6.07) is 1.59. The van der Waals surface area contributed by atoms with Crippen LogP contribution in [0, 0.1) is 10.1 Å². The SMILES string of the molecule is CCc1cc(C(N)=O)c(NC(=O)c2[nH]ncc2[N+](=O)[O-])s1. The molecule has 2 aromatic heterocycles. The monoisotopic (exact) mass is 309 g/mol. The number of amides is 2. The Labute approximate surface area is 122 Å². The molecule has 0 fully saturated rings. The third-order valence-electron chi connectivity index (χ3n) is 2.67. The van der Waals surface area contributed by atoms with Crippen LogP contribution < -0.4 is 11.1 Å². The number of nitrogens with one attached hydrogen (secondary N) is 2. The topological polar surface area (TPSA) is 144 Å². The maximum atomic E-state index is 12.0. The quantitative estimate of drug-likeness (QED) is 0.563. The van der Waals surface area contributed by atoms with E-state index < -0.39 is 22.4 Å². The van der Waals surface area contributed by atoms with Gasteiger partial charge in [0.05, 0.1) is 10.5 Å². The van der Waals surface area contributed by atoms with Gasteiger partial charge in [-0.1, -0.05) is 6.92 Å². The fraction of sp³-hybridized carbons (Fsp3) is 0.182. The number of nitrogens with two attached hydrogens (primary N) is 1. The van der Waals surface area contributed by atoms with Crippen molar-refractivity contribution < 1.29 is 14.5 Å². The first-order valence-electron chi connectivity index (χ1n) is 5.85. The lowest BCUT2D eigenvalue weighted by Gasteiger charge is -2.02. The number of nitro groups is 1. The first-order chi connectivity index (χ1) is 9.93. The zero-order chi connectivity index (χ0) is 15.6. The maximum absolute atomic E-state index is 12.0. The van der Waals surface area contributed by atoms with E-state index in [2.05, 4.69) is 15.5 Å². The molecule has 0 bridgehead atoms. The molecule has 0 aliphatic carbocycles. The van der Waals surface area contributed by atoms with Gasteiger partial charge in [-0.2, -0.15) is 5.10 Å². The van der Waals surface area contributed by atoms with E-state index in [4.69, 9.17) is 5.73 Å². The highest BCUT2D eigenvalue weighted by molar-refractivity contribution is 7.16. The average molecular weight is 309 g/mol. The molecule has 0 saturated heterocycles. The minimum absolute atomic E-state index is 0.173. The van der Waals surface area contributed by atoms with Crippen molar-refractivity contribution in [1.82, 2.24) is 10.2 Å². The lowest BCUT2D eigenvalue weighted by Crippen LogP contribution is -2.17. The van der Waals surface area contributed by atoms with Gasteiger partial charge in [0, 0.05) is 4.88 Å². The standard InChI is InChI=1S/C11H11N5O4S/c1-2-5-3-6(9(12)17)11(21-5)14-10(18)8-7(16(19)20)4-13-15-8/h3-4H,2H2,1H3,(H2,12,17)(H,13,15)(H,14,18). The summed E-state index contributed by atoms with van der Waals surface area (Å²) in [5.74, 6) is -1.44. The predicted octanol–water partition coefficient (Wildman–Crippen LogP) is 1.29. The minimum Gasteiger partial charge on any atom is -0.366 e. The number of carbonyl (C=O) groups is 2. The van der Waals surface area contributed by atoms with Crippen LogP contribution in [-0.2, 0) is 6.42 Å². The van der Waals surface area contributed by atoms with E-state index in [1.54, 1.807) is 6.07 Å². The molecule has 2 heterocycles. The van der Waals surface area contributed by atoms with Crippen LogP contribution in [0.3, 0.4) is 0 Å². The summed E-state index contributed by atoms with van der Waals surface area (Å²) in [5, 5.41) is 19.2. The van der Waals surface area contributed by atoms with Gasteiger partial charge in [0.25, 0.3) is 11.8 Å². The Balaban J connectivity index is 2.31. The number of aryl methyl sites for hydroxylation is 1. The third-order valence-corrected chi connectivity index (χ3v) is 3.86. The number of aromatic nitrogens is 2. The van der Waals surface area contributed by atoms with Crippen LogP contribution >= 0.6 is 11.3 Å². The van der Waals surface area contributed by atoms with Crippen molar-refractivity contribution in [2.45, 2.75) is 13.3 Å². The summed E-state index contributed by atoms with van der Waals surface area (Å²) in [7, 11) is 0. The minimum atomic E-state index is -0.758. The molecule has 0 saturated carbocycles. The smallest absolute Gasteiger partial charge is 0.319 e. The molecule has 2 rings (SSSR count). The third kappa shape index (κ3) is 2.89. The van der Waals surface area contributed by atoms with E-state index >= 15 is 0 Å². The average Bonchev–Trinajstić information content (AvgIpc) is 3.04. The lowest BCUT2D eigenvalue weighted by atomic mass is 10.2. The van der Waals surface area contributed by atoms with Gasteiger partial charge in [0.15, 0.2) is 0 Å². The molecule has 9 nitrogen and oxygen atoms in total. The summed E-state index contributed by atoms with van der Waals surface area (Å²) in [6.07, 6.45) is 1.61. The molecule has 21 heavy (non-hydrogen) atoms. The van der Waals surface area contributed by atoms with Gasteiger partial charge in [-0.15, -0.1) is 11.3 Å². The Morgan fingerprint density at radius 3 is 2.86 bits per heavy atom. The van der Waals surface area contributed by atoms with Crippen LogP contribution in [0.15, 0.2) is 12.3 Å². The first-order valence-corrected chi connectivity index (χ1v) is 6.67. The second kappa shape index (κ2) is 5.71. The van der Waals surface area contributed by atoms with Crippen LogP contribution in [0.1, 0.15) is 32.6 Å². The second-order valence-corrected chi connectivity index (χ2v) is 5.15. The second-order valence-electron chi connectivity index (χ2n) is 4.01. The number of hydrogen-bond donors (Lipinski definition) is 3. The number of anilines is 1. The number of carbonyl (C=O) groups excluding carboxylic acids is 2. The van der Waals surface area contributed by atoms with Gasteiger partial charge in [-0.3, -0.25) is 24.8 Å². The zero-order valence-corrected chi connectivity index (χ0v) is 11.7. The Bertz CT molecular complexity index is 720. The van der Waals surface area contributed by atoms with Crippen LogP contribution in [0.2, 0.25) is 0 Å². The fourth-order valence-electron chi connectivity index (χ4n) is 1.64. The van der Waals surface area contributed by atoms with Crippen molar-refractivity contribution in [3.8, 4) is 0 Å². The van der Waals surface area contributed by atoms with E-state index in [0.717, 1.165) is 11.1 Å². The summed E-state index contributed by atoms with van der Waals surface area (Å²) >= 11 is 1.19.